The van der Waals surface area contributed by atoms with E-state index in [2.05, 4.69) is 10.6 Å². The summed E-state index contributed by atoms with van der Waals surface area (Å²) in [5.74, 6) is -0.492. The van der Waals surface area contributed by atoms with E-state index in [0.717, 1.165) is 42.8 Å². The van der Waals surface area contributed by atoms with Crippen molar-refractivity contribution in [3.8, 4) is 0 Å². The Bertz CT molecular complexity index is 879. The number of ether oxygens (including phenoxy) is 1. The molecule has 0 unspecified atom stereocenters. The Labute approximate surface area is 169 Å². The summed E-state index contributed by atoms with van der Waals surface area (Å²) in [4.78, 5) is 36.7. The van der Waals surface area contributed by atoms with Crippen LogP contribution in [0.1, 0.15) is 60.1 Å². The third-order valence-corrected chi connectivity index (χ3v) is 5.27. The molecule has 1 aliphatic rings. The monoisotopic (exact) mass is 401 g/mol. The molecule has 0 aromatic carbocycles. The first-order valence-electron chi connectivity index (χ1n) is 9.86. The van der Waals surface area contributed by atoms with Crippen LogP contribution in [0, 0.1) is 13.8 Å². The number of hydrogen-bond donors (Lipinski definition) is 2. The van der Waals surface area contributed by atoms with Crippen LogP contribution in [0.2, 0.25) is 0 Å². The van der Waals surface area contributed by atoms with Gasteiger partial charge in [-0.2, -0.15) is 0 Å². The van der Waals surface area contributed by atoms with Crippen LogP contribution in [-0.4, -0.2) is 34.6 Å². The molecule has 0 aliphatic heterocycles. The zero-order valence-corrected chi connectivity index (χ0v) is 17.0. The van der Waals surface area contributed by atoms with Gasteiger partial charge in [-0.15, -0.1) is 0 Å². The van der Waals surface area contributed by atoms with Gasteiger partial charge < -0.3 is 19.0 Å². The van der Waals surface area contributed by atoms with Gasteiger partial charge in [0.15, 0.2) is 6.10 Å². The molecule has 1 atom stereocenters. The van der Waals surface area contributed by atoms with Crippen molar-refractivity contribution < 1.29 is 23.5 Å². The van der Waals surface area contributed by atoms with Crippen LogP contribution in [0.3, 0.4) is 0 Å². The van der Waals surface area contributed by atoms with Crippen molar-refractivity contribution >= 4 is 17.9 Å². The maximum absolute atomic E-state index is 12.6. The van der Waals surface area contributed by atoms with E-state index in [9.17, 15) is 14.4 Å². The van der Waals surface area contributed by atoms with Crippen LogP contribution >= 0.6 is 0 Å². The lowest BCUT2D eigenvalue weighted by Gasteiger charge is -2.15. The maximum Gasteiger partial charge on any atom is 0.340 e. The van der Waals surface area contributed by atoms with Crippen LogP contribution in [0.4, 0.5) is 4.79 Å². The molecule has 2 heterocycles. The number of aromatic nitrogens is 1. The molecule has 2 N–H and O–H groups in total. The van der Waals surface area contributed by atoms with Crippen LogP contribution in [0.25, 0.3) is 0 Å². The van der Waals surface area contributed by atoms with Crippen molar-refractivity contribution in [2.75, 3.05) is 0 Å². The van der Waals surface area contributed by atoms with E-state index >= 15 is 0 Å². The molecule has 8 heteroatoms. The molecule has 1 fully saturated rings. The van der Waals surface area contributed by atoms with E-state index in [-0.39, 0.29) is 6.04 Å². The van der Waals surface area contributed by atoms with Crippen molar-refractivity contribution in [2.24, 2.45) is 0 Å². The Morgan fingerprint density at radius 3 is 2.66 bits per heavy atom. The van der Waals surface area contributed by atoms with E-state index < -0.39 is 24.0 Å². The predicted molar refractivity (Wildman–Crippen MR) is 106 cm³/mol. The Kier molecular flexibility index (Phi) is 6.41. The number of carbonyl (C=O) groups excluding carboxylic acids is 3. The second-order valence-corrected chi connectivity index (χ2v) is 7.44. The number of esters is 1. The molecule has 2 aromatic rings. The van der Waals surface area contributed by atoms with Gasteiger partial charge in [-0.3, -0.25) is 10.1 Å². The normalized spacial score (nSPS) is 15.1. The lowest BCUT2D eigenvalue weighted by Crippen LogP contribution is -2.47. The average Bonchev–Trinajstić information content (AvgIpc) is 3.41. The van der Waals surface area contributed by atoms with Gasteiger partial charge >= 0.3 is 12.0 Å². The summed E-state index contributed by atoms with van der Waals surface area (Å²) in [7, 11) is 0. The van der Waals surface area contributed by atoms with Gasteiger partial charge in [0.25, 0.3) is 5.91 Å². The minimum atomic E-state index is -1.09. The number of urea groups is 1. The fourth-order valence-corrected chi connectivity index (χ4v) is 3.59. The highest BCUT2D eigenvalue weighted by Gasteiger charge is 2.25. The number of hydrogen-bond acceptors (Lipinski definition) is 5. The van der Waals surface area contributed by atoms with E-state index in [4.69, 9.17) is 9.15 Å². The lowest BCUT2D eigenvalue weighted by molar-refractivity contribution is -0.127. The molecule has 3 amide bonds. The van der Waals surface area contributed by atoms with E-state index in [0.29, 0.717) is 12.1 Å². The minimum absolute atomic E-state index is 0.0974. The summed E-state index contributed by atoms with van der Waals surface area (Å²) in [6, 6.07) is 4.93. The number of aryl methyl sites for hydroxylation is 1. The second-order valence-electron chi connectivity index (χ2n) is 7.44. The van der Waals surface area contributed by atoms with Gasteiger partial charge in [-0.1, -0.05) is 12.8 Å². The summed E-state index contributed by atoms with van der Waals surface area (Å²) in [5.41, 5.74) is 1.97. The molecule has 1 saturated carbocycles. The fraction of sp³-hybridized carbons (Fsp3) is 0.476. The summed E-state index contributed by atoms with van der Waals surface area (Å²) < 4.78 is 12.6. The number of nitrogens with zero attached hydrogens (tertiary/aromatic N) is 1. The van der Waals surface area contributed by atoms with Crippen molar-refractivity contribution in [3.05, 3.63) is 47.2 Å². The average molecular weight is 401 g/mol. The first-order valence-corrected chi connectivity index (χ1v) is 9.86. The highest BCUT2D eigenvalue weighted by molar-refractivity contribution is 5.98. The molecule has 0 radical (unpaired) electrons. The number of nitrogens with one attached hydrogen (secondary N) is 2. The van der Waals surface area contributed by atoms with Crippen LogP contribution in [0.15, 0.2) is 28.9 Å². The van der Waals surface area contributed by atoms with E-state index in [1.165, 1.54) is 6.92 Å². The van der Waals surface area contributed by atoms with Crippen molar-refractivity contribution in [1.82, 2.24) is 15.2 Å². The Balaban J connectivity index is 1.57. The smallest absolute Gasteiger partial charge is 0.340 e. The van der Waals surface area contributed by atoms with Gasteiger partial charge in [0.05, 0.1) is 18.4 Å². The predicted octanol–water partition coefficient (Wildman–Crippen LogP) is 3.06. The van der Waals surface area contributed by atoms with Crippen molar-refractivity contribution in [2.45, 2.75) is 65.1 Å². The number of imide groups is 1. The number of carbonyl (C=O) groups is 3. The van der Waals surface area contributed by atoms with Gasteiger partial charge in [-0.05, 0) is 51.8 Å². The van der Waals surface area contributed by atoms with E-state index in [1.807, 2.05) is 30.5 Å². The zero-order chi connectivity index (χ0) is 21.0. The van der Waals surface area contributed by atoms with Crippen LogP contribution < -0.4 is 10.6 Å². The molecule has 0 spiro atoms. The summed E-state index contributed by atoms with van der Waals surface area (Å²) in [5, 5.41) is 5.01. The molecule has 8 nitrogen and oxygen atoms in total. The summed E-state index contributed by atoms with van der Waals surface area (Å²) >= 11 is 0. The highest BCUT2D eigenvalue weighted by Crippen LogP contribution is 2.19. The maximum atomic E-state index is 12.6. The zero-order valence-electron chi connectivity index (χ0n) is 17.0. The van der Waals surface area contributed by atoms with Crippen molar-refractivity contribution in [3.63, 3.8) is 0 Å². The number of amides is 3. The third kappa shape index (κ3) is 5.07. The van der Waals surface area contributed by atoms with Gasteiger partial charge in [0.2, 0.25) is 0 Å². The van der Waals surface area contributed by atoms with Gasteiger partial charge in [-0.25, -0.2) is 9.59 Å². The molecule has 156 valence electrons. The highest BCUT2D eigenvalue weighted by atomic mass is 16.5. The lowest BCUT2D eigenvalue weighted by atomic mass is 10.2. The van der Waals surface area contributed by atoms with Crippen molar-refractivity contribution in [1.29, 1.82) is 0 Å². The number of furan rings is 1. The molecular formula is C21H27N3O5. The molecule has 1 aliphatic carbocycles. The molecular weight excluding hydrogens is 374 g/mol. The third-order valence-electron chi connectivity index (χ3n) is 5.27. The Hall–Kier alpha value is -3.03. The van der Waals surface area contributed by atoms with Crippen LogP contribution in [0.5, 0.6) is 0 Å². The first kappa shape index (κ1) is 20.7. The van der Waals surface area contributed by atoms with E-state index in [1.54, 1.807) is 12.3 Å². The van der Waals surface area contributed by atoms with Gasteiger partial charge in [0, 0.05) is 17.4 Å². The quantitative estimate of drug-likeness (QED) is 0.724. The minimum Gasteiger partial charge on any atom is -0.467 e. The standard InChI is InChI=1S/C21H27N3O5/c1-13-11-18(14(2)24(13)12-17-9-6-10-28-17)20(26)29-15(3)19(25)23-21(27)22-16-7-4-5-8-16/h6,9-11,15-16H,4-5,7-8,12H2,1-3H3,(H2,22,23,25,27)/t15-/m0/s1. The molecule has 2 aromatic heterocycles. The Morgan fingerprint density at radius 1 is 1.28 bits per heavy atom. The molecule has 0 saturated heterocycles. The number of rotatable bonds is 6. The Morgan fingerprint density at radius 2 is 2.00 bits per heavy atom. The SMILES string of the molecule is Cc1cc(C(=O)O[C@@H](C)C(=O)NC(=O)NC2CCCC2)c(C)n1Cc1ccco1. The second kappa shape index (κ2) is 8.98. The first-order chi connectivity index (χ1) is 13.8. The fourth-order valence-electron chi connectivity index (χ4n) is 3.59. The largest absolute Gasteiger partial charge is 0.467 e. The summed E-state index contributed by atoms with van der Waals surface area (Å²) in [6.45, 7) is 5.63. The van der Waals surface area contributed by atoms with Crippen LogP contribution in [-0.2, 0) is 16.1 Å². The molecule has 0 bridgehead atoms. The molecule has 29 heavy (non-hydrogen) atoms. The molecule has 3 rings (SSSR count). The van der Waals surface area contributed by atoms with Gasteiger partial charge in [0.1, 0.15) is 5.76 Å². The topological polar surface area (TPSA) is 103 Å². The summed E-state index contributed by atoms with van der Waals surface area (Å²) in [6.07, 6.45) is 4.49.